The van der Waals surface area contributed by atoms with E-state index in [0.29, 0.717) is 19.3 Å². The van der Waals surface area contributed by atoms with Gasteiger partial charge in [0.15, 0.2) is 0 Å². The second kappa shape index (κ2) is 5.45. The van der Waals surface area contributed by atoms with Gasteiger partial charge < -0.3 is 14.2 Å². The van der Waals surface area contributed by atoms with E-state index in [1.165, 1.54) is 7.11 Å². The molecule has 0 bridgehead atoms. The van der Waals surface area contributed by atoms with Crippen molar-refractivity contribution in [3.8, 4) is 0 Å². The monoisotopic (exact) mass is 338 g/mol. The second-order valence-electron chi connectivity index (χ2n) is 9.05. The molecule has 1 saturated carbocycles. The summed E-state index contributed by atoms with van der Waals surface area (Å²) in [5, 5.41) is 0. The lowest BCUT2D eigenvalue weighted by Crippen LogP contribution is -2.62. The van der Waals surface area contributed by atoms with E-state index in [0.717, 1.165) is 19.3 Å². The summed E-state index contributed by atoms with van der Waals surface area (Å²) in [5.41, 5.74) is -0.763. The van der Waals surface area contributed by atoms with Crippen LogP contribution in [0.3, 0.4) is 0 Å². The molecule has 5 heteroatoms. The molecule has 0 amide bonds. The summed E-state index contributed by atoms with van der Waals surface area (Å²) >= 11 is 0. The number of rotatable bonds is 2. The summed E-state index contributed by atoms with van der Waals surface area (Å²) < 4.78 is 17.2. The van der Waals surface area contributed by atoms with Crippen molar-refractivity contribution in [2.24, 2.45) is 16.7 Å². The maximum Gasteiger partial charge on any atom is 0.308 e. The Morgan fingerprint density at radius 2 is 1.88 bits per heavy atom. The van der Waals surface area contributed by atoms with Gasteiger partial charge in [0.1, 0.15) is 0 Å². The highest BCUT2D eigenvalue weighted by atomic mass is 16.7. The van der Waals surface area contributed by atoms with Crippen molar-refractivity contribution in [1.29, 1.82) is 0 Å². The van der Waals surface area contributed by atoms with Gasteiger partial charge >= 0.3 is 11.9 Å². The van der Waals surface area contributed by atoms with E-state index in [1.807, 2.05) is 6.92 Å². The van der Waals surface area contributed by atoms with E-state index in [9.17, 15) is 9.59 Å². The predicted molar refractivity (Wildman–Crippen MR) is 88.0 cm³/mol. The number of hydrogen-bond donors (Lipinski definition) is 0. The average Bonchev–Trinajstić information content (AvgIpc) is 2.80. The lowest BCUT2D eigenvalue weighted by Gasteiger charge is -2.59. The van der Waals surface area contributed by atoms with Crippen LogP contribution < -0.4 is 0 Å². The number of methoxy groups -OCH3 is 1. The van der Waals surface area contributed by atoms with Gasteiger partial charge in [-0.1, -0.05) is 27.2 Å². The highest BCUT2D eigenvalue weighted by Gasteiger charge is 2.68. The number of carbonyl (C=O) groups excluding carboxylic acids is 2. The van der Waals surface area contributed by atoms with Crippen LogP contribution in [-0.4, -0.2) is 30.4 Å². The van der Waals surface area contributed by atoms with E-state index in [-0.39, 0.29) is 35.1 Å². The van der Waals surface area contributed by atoms with Crippen LogP contribution in [0.4, 0.5) is 0 Å². The molecule has 1 spiro atoms. The third kappa shape index (κ3) is 2.56. The van der Waals surface area contributed by atoms with E-state index >= 15 is 0 Å². The summed E-state index contributed by atoms with van der Waals surface area (Å²) in [5.74, 6) is -1.13. The number of hydrogen-bond acceptors (Lipinski definition) is 5. The van der Waals surface area contributed by atoms with Gasteiger partial charge in [0.05, 0.1) is 19.1 Å². The molecule has 136 valence electrons. The molecule has 2 heterocycles. The summed E-state index contributed by atoms with van der Waals surface area (Å²) in [6.45, 7) is 8.65. The van der Waals surface area contributed by atoms with Gasteiger partial charge in [-0.25, -0.2) is 0 Å². The molecule has 5 nitrogen and oxygen atoms in total. The summed E-state index contributed by atoms with van der Waals surface area (Å²) in [4.78, 5) is 24.2. The van der Waals surface area contributed by atoms with Gasteiger partial charge in [0, 0.05) is 18.3 Å². The topological polar surface area (TPSA) is 61.8 Å². The van der Waals surface area contributed by atoms with Crippen LogP contribution in [0.2, 0.25) is 0 Å². The Hall–Kier alpha value is -1.10. The molecular weight excluding hydrogens is 308 g/mol. The molecule has 2 aliphatic heterocycles. The quantitative estimate of drug-likeness (QED) is 0.720. The van der Waals surface area contributed by atoms with Crippen LogP contribution in [0.1, 0.15) is 72.6 Å². The van der Waals surface area contributed by atoms with Crippen molar-refractivity contribution in [2.45, 2.75) is 84.0 Å². The lowest BCUT2D eigenvalue weighted by atomic mass is 9.51. The minimum absolute atomic E-state index is 0.0874. The third-order valence-corrected chi connectivity index (χ3v) is 6.89. The number of carbonyl (C=O) groups is 2. The van der Waals surface area contributed by atoms with E-state index in [2.05, 4.69) is 20.8 Å². The molecule has 4 atom stereocenters. The Labute approximate surface area is 144 Å². The average molecular weight is 338 g/mol. The first kappa shape index (κ1) is 17.7. The molecule has 0 N–H and O–H groups in total. The van der Waals surface area contributed by atoms with Crippen LogP contribution in [0.5, 0.6) is 0 Å². The molecule has 0 aromatic carbocycles. The largest absolute Gasteiger partial charge is 0.469 e. The van der Waals surface area contributed by atoms with Crippen molar-refractivity contribution in [2.75, 3.05) is 7.11 Å². The zero-order chi connectivity index (χ0) is 17.8. The van der Waals surface area contributed by atoms with Crippen molar-refractivity contribution in [3.05, 3.63) is 0 Å². The fourth-order valence-corrected chi connectivity index (χ4v) is 5.49. The van der Waals surface area contributed by atoms with Crippen LogP contribution in [0, 0.1) is 16.7 Å². The molecule has 2 saturated heterocycles. The molecule has 0 aromatic rings. The van der Waals surface area contributed by atoms with Gasteiger partial charge in [-0.3, -0.25) is 9.59 Å². The van der Waals surface area contributed by atoms with Gasteiger partial charge in [0.25, 0.3) is 0 Å². The smallest absolute Gasteiger partial charge is 0.308 e. The normalized spacial score (nSPS) is 44.0. The maximum atomic E-state index is 12.4. The molecule has 0 unspecified atom stereocenters. The van der Waals surface area contributed by atoms with E-state index in [1.54, 1.807) is 0 Å². The zero-order valence-electron chi connectivity index (χ0n) is 15.6. The first-order chi connectivity index (χ1) is 11.1. The van der Waals surface area contributed by atoms with Gasteiger partial charge in [-0.05, 0) is 37.5 Å². The molecule has 24 heavy (non-hydrogen) atoms. The Balaban J connectivity index is 1.94. The molecule has 0 radical (unpaired) electrons. The van der Waals surface area contributed by atoms with Crippen molar-refractivity contribution in [1.82, 2.24) is 0 Å². The Morgan fingerprint density at radius 3 is 2.54 bits per heavy atom. The van der Waals surface area contributed by atoms with Crippen molar-refractivity contribution < 1.29 is 23.8 Å². The fourth-order valence-electron chi connectivity index (χ4n) is 5.49. The van der Waals surface area contributed by atoms with Crippen LogP contribution in [0.25, 0.3) is 0 Å². The van der Waals surface area contributed by atoms with Gasteiger partial charge in [-0.2, -0.15) is 0 Å². The zero-order valence-corrected chi connectivity index (χ0v) is 15.6. The third-order valence-electron chi connectivity index (χ3n) is 6.89. The van der Waals surface area contributed by atoms with Crippen LogP contribution in [-0.2, 0) is 23.8 Å². The van der Waals surface area contributed by atoms with Crippen molar-refractivity contribution >= 4 is 11.9 Å². The standard InChI is InChI=1S/C19H30O5/c1-16(2)7-6-8-18(4)13(16)11-14(20)23-19(18)10-9-17(3,24-19)12-15(21)22-5/h13H,6-12H2,1-5H3/t13-,17+,18-,19-/m0/s1. The van der Waals surface area contributed by atoms with Crippen LogP contribution in [0.15, 0.2) is 0 Å². The summed E-state index contributed by atoms with van der Waals surface area (Å²) in [6, 6.07) is 0. The number of fused-ring (bicyclic) bond motifs is 2. The molecule has 0 aromatic heterocycles. The van der Waals surface area contributed by atoms with Crippen molar-refractivity contribution in [3.63, 3.8) is 0 Å². The summed E-state index contributed by atoms with van der Waals surface area (Å²) in [7, 11) is 1.39. The van der Waals surface area contributed by atoms with Gasteiger partial charge in [0.2, 0.25) is 5.79 Å². The lowest BCUT2D eigenvalue weighted by molar-refractivity contribution is -0.330. The Bertz CT molecular complexity index is 556. The number of esters is 2. The molecule has 3 rings (SSSR count). The maximum absolute atomic E-state index is 12.4. The summed E-state index contributed by atoms with van der Waals surface area (Å²) in [6.07, 6.45) is 5.21. The first-order valence-corrected chi connectivity index (χ1v) is 9.05. The Kier molecular flexibility index (Phi) is 4.02. The highest BCUT2D eigenvalue weighted by molar-refractivity contribution is 5.72. The number of ether oxygens (including phenoxy) is 3. The molecule has 3 aliphatic rings. The molecule has 3 fully saturated rings. The minimum Gasteiger partial charge on any atom is -0.469 e. The first-order valence-electron chi connectivity index (χ1n) is 9.05. The SMILES string of the molecule is COC(=O)C[C@@]1(C)CC[C@]2(OC(=O)C[C@H]3C(C)(C)CCC[C@@]32C)O1. The minimum atomic E-state index is -0.909. The fraction of sp³-hybridized carbons (Fsp3) is 0.895. The second-order valence-corrected chi connectivity index (χ2v) is 9.05. The van der Waals surface area contributed by atoms with Gasteiger partial charge in [-0.15, -0.1) is 0 Å². The van der Waals surface area contributed by atoms with E-state index in [4.69, 9.17) is 14.2 Å². The molecule has 1 aliphatic carbocycles. The predicted octanol–water partition coefficient (Wildman–Crippen LogP) is 3.59. The highest BCUT2D eigenvalue weighted by Crippen LogP contribution is 2.64. The van der Waals surface area contributed by atoms with E-state index < -0.39 is 11.4 Å². The molecular formula is C19H30O5. The Morgan fingerprint density at radius 1 is 1.17 bits per heavy atom. The van der Waals surface area contributed by atoms with Crippen LogP contribution >= 0.6 is 0 Å².